The highest BCUT2D eigenvalue weighted by Crippen LogP contribution is 2.13. The predicted octanol–water partition coefficient (Wildman–Crippen LogP) is 2.54. The Morgan fingerprint density at radius 3 is 2.56 bits per heavy atom. The zero-order chi connectivity index (χ0) is 18.2. The first-order valence-electron chi connectivity index (χ1n) is 7.89. The Morgan fingerprint density at radius 2 is 2.00 bits per heavy atom. The van der Waals surface area contributed by atoms with Gasteiger partial charge >= 0.3 is 0 Å². The highest BCUT2D eigenvalue weighted by atomic mass is 16.5. The van der Waals surface area contributed by atoms with E-state index in [0.717, 1.165) is 11.3 Å². The zero-order valence-electron chi connectivity index (χ0n) is 14.5. The van der Waals surface area contributed by atoms with Crippen LogP contribution in [0.1, 0.15) is 21.7 Å². The number of furan rings is 1. The molecule has 0 saturated carbocycles. The number of amides is 2. The van der Waals surface area contributed by atoms with Gasteiger partial charge in [-0.05, 0) is 30.7 Å². The third-order valence-electron chi connectivity index (χ3n) is 3.74. The molecule has 0 spiro atoms. The van der Waals surface area contributed by atoms with Crippen LogP contribution in [0.3, 0.4) is 0 Å². The molecule has 0 fully saturated rings. The van der Waals surface area contributed by atoms with Crippen LogP contribution in [0.15, 0.2) is 53.7 Å². The van der Waals surface area contributed by atoms with Gasteiger partial charge in [-0.3, -0.25) is 9.59 Å². The molecule has 1 N–H and O–H groups in total. The Labute approximate surface area is 147 Å². The van der Waals surface area contributed by atoms with E-state index in [2.05, 4.69) is 11.9 Å². The summed E-state index contributed by atoms with van der Waals surface area (Å²) in [5, 5.41) is 2.62. The minimum atomic E-state index is -0.331. The Hall–Kier alpha value is -3.02. The maximum Gasteiger partial charge on any atom is 0.255 e. The number of ether oxygens (including phenoxy) is 1. The van der Waals surface area contributed by atoms with Gasteiger partial charge in [-0.25, -0.2) is 0 Å². The average molecular weight is 342 g/mol. The Bertz CT molecular complexity index is 734. The summed E-state index contributed by atoms with van der Waals surface area (Å²) in [5.41, 5.74) is 1.39. The van der Waals surface area contributed by atoms with Gasteiger partial charge in [-0.2, -0.15) is 0 Å². The van der Waals surface area contributed by atoms with Crippen molar-refractivity contribution in [1.82, 2.24) is 10.2 Å². The number of hydrogen-bond acceptors (Lipinski definition) is 4. The molecule has 132 valence electrons. The van der Waals surface area contributed by atoms with Crippen molar-refractivity contribution in [2.45, 2.75) is 13.5 Å². The molecule has 0 bridgehead atoms. The fraction of sp³-hybridized carbons (Fsp3) is 0.263. The molecule has 0 unspecified atom stereocenters. The van der Waals surface area contributed by atoms with Crippen LogP contribution in [0.5, 0.6) is 5.75 Å². The van der Waals surface area contributed by atoms with Gasteiger partial charge in [-0.1, -0.05) is 18.2 Å². The standard InChI is InChI=1S/C19H22N2O4/c1-4-10-21(13-15-5-7-16(24-3)8-6-15)18(22)12-20-19(23)17-9-11-25-14(17)2/h4-9,11H,1,10,12-13H2,2-3H3,(H,20,23). The molecule has 2 rings (SSSR count). The zero-order valence-corrected chi connectivity index (χ0v) is 14.5. The second kappa shape index (κ2) is 8.73. The van der Waals surface area contributed by atoms with Gasteiger partial charge in [0.2, 0.25) is 5.91 Å². The van der Waals surface area contributed by atoms with E-state index in [-0.39, 0.29) is 18.4 Å². The second-order valence-corrected chi connectivity index (χ2v) is 5.48. The fourth-order valence-corrected chi connectivity index (χ4v) is 2.35. The van der Waals surface area contributed by atoms with Gasteiger partial charge in [0.25, 0.3) is 5.91 Å². The van der Waals surface area contributed by atoms with Crippen LogP contribution in [-0.2, 0) is 11.3 Å². The van der Waals surface area contributed by atoms with Crippen LogP contribution in [-0.4, -0.2) is 36.9 Å². The lowest BCUT2D eigenvalue weighted by Gasteiger charge is -2.21. The van der Waals surface area contributed by atoms with Crippen molar-refractivity contribution in [1.29, 1.82) is 0 Å². The van der Waals surface area contributed by atoms with Crippen LogP contribution >= 0.6 is 0 Å². The van der Waals surface area contributed by atoms with E-state index >= 15 is 0 Å². The van der Waals surface area contributed by atoms with Gasteiger partial charge < -0.3 is 19.4 Å². The molecule has 0 atom stereocenters. The molecule has 0 radical (unpaired) electrons. The number of carbonyl (C=O) groups excluding carboxylic acids is 2. The van der Waals surface area contributed by atoms with Crippen LogP contribution in [0.25, 0.3) is 0 Å². The van der Waals surface area contributed by atoms with Crippen molar-refractivity contribution < 1.29 is 18.7 Å². The predicted molar refractivity (Wildman–Crippen MR) is 94.4 cm³/mol. The van der Waals surface area contributed by atoms with E-state index in [0.29, 0.717) is 24.4 Å². The minimum Gasteiger partial charge on any atom is -0.497 e. The fourth-order valence-electron chi connectivity index (χ4n) is 2.35. The minimum absolute atomic E-state index is 0.0898. The molecule has 1 aromatic carbocycles. The van der Waals surface area contributed by atoms with Gasteiger partial charge in [0.05, 0.1) is 25.5 Å². The molecule has 1 heterocycles. The number of nitrogens with zero attached hydrogens (tertiary/aromatic N) is 1. The summed E-state index contributed by atoms with van der Waals surface area (Å²) in [5.74, 6) is 0.757. The van der Waals surface area contributed by atoms with Crippen LogP contribution < -0.4 is 10.1 Å². The lowest BCUT2D eigenvalue weighted by atomic mass is 10.2. The summed E-state index contributed by atoms with van der Waals surface area (Å²) in [7, 11) is 1.60. The first-order valence-corrected chi connectivity index (χ1v) is 7.89. The molecule has 1 aromatic heterocycles. The molecule has 25 heavy (non-hydrogen) atoms. The number of aryl methyl sites for hydroxylation is 1. The number of rotatable bonds is 8. The summed E-state index contributed by atoms with van der Waals surface area (Å²) in [6.07, 6.45) is 3.10. The van der Waals surface area contributed by atoms with Crippen LogP contribution in [0, 0.1) is 6.92 Å². The third-order valence-corrected chi connectivity index (χ3v) is 3.74. The molecule has 2 aromatic rings. The highest BCUT2D eigenvalue weighted by molar-refractivity contribution is 5.97. The summed E-state index contributed by atoms with van der Waals surface area (Å²) in [6, 6.07) is 9.06. The maximum absolute atomic E-state index is 12.4. The lowest BCUT2D eigenvalue weighted by molar-refractivity contribution is -0.130. The van der Waals surface area contributed by atoms with Crippen molar-refractivity contribution >= 4 is 11.8 Å². The van der Waals surface area contributed by atoms with Gasteiger partial charge in [0, 0.05) is 13.1 Å². The van der Waals surface area contributed by atoms with Gasteiger partial charge in [0.15, 0.2) is 0 Å². The highest BCUT2D eigenvalue weighted by Gasteiger charge is 2.16. The Morgan fingerprint density at radius 1 is 1.28 bits per heavy atom. The van der Waals surface area contributed by atoms with Crippen molar-refractivity contribution in [2.75, 3.05) is 20.2 Å². The van der Waals surface area contributed by atoms with Gasteiger partial charge in [0.1, 0.15) is 11.5 Å². The van der Waals surface area contributed by atoms with Gasteiger partial charge in [-0.15, -0.1) is 6.58 Å². The molecule has 6 nitrogen and oxygen atoms in total. The summed E-state index contributed by atoms with van der Waals surface area (Å²) in [6.45, 7) is 6.12. The van der Waals surface area contributed by atoms with Crippen molar-refractivity contribution in [3.05, 3.63) is 66.1 Å². The first kappa shape index (κ1) is 18.3. The Balaban J connectivity index is 1.96. The number of hydrogen-bond donors (Lipinski definition) is 1. The average Bonchev–Trinajstić information content (AvgIpc) is 3.05. The normalized spacial score (nSPS) is 10.2. The van der Waals surface area contributed by atoms with E-state index in [1.807, 2.05) is 24.3 Å². The van der Waals surface area contributed by atoms with Crippen molar-refractivity contribution in [3.8, 4) is 5.75 Å². The molecular formula is C19H22N2O4. The van der Waals surface area contributed by atoms with E-state index in [4.69, 9.17) is 9.15 Å². The maximum atomic E-state index is 12.4. The lowest BCUT2D eigenvalue weighted by Crippen LogP contribution is -2.40. The van der Waals surface area contributed by atoms with Crippen molar-refractivity contribution in [2.24, 2.45) is 0 Å². The Kier molecular flexibility index (Phi) is 6.39. The second-order valence-electron chi connectivity index (χ2n) is 5.48. The number of methoxy groups -OCH3 is 1. The quantitative estimate of drug-likeness (QED) is 0.748. The summed E-state index contributed by atoms with van der Waals surface area (Å²) >= 11 is 0. The molecular weight excluding hydrogens is 320 g/mol. The molecule has 6 heteroatoms. The summed E-state index contributed by atoms with van der Waals surface area (Å²) in [4.78, 5) is 26.1. The van der Waals surface area contributed by atoms with Crippen LogP contribution in [0.2, 0.25) is 0 Å². The number of benzene rings is 1. The smallest absolute Gasteiger partial charge is 0.255 e. The van der Waals surface area contributed by atoms with E-state index in [9.17, 15) is 9.59 Å². The SMILES string of the molecule is C=CCN(Cc1ccc(OC)cc1)C(=O)CNC(=O)c1ccoc1C. The number of nitrogens with one attached hydrogen (secondary N) is 1. The van der Waals surface area contributed by atoms with E-state index < -0.39 is 0 Å². The molecule has 0 aliphatic carbocycles. The molecule has 0 saturated heterocycles. The van der Waals surface area contributed by atoms with E-state index in [1.54, 1.807) is 31.1 Å². The largest absolute Gasteiger partial charge is 0.497 e. The first-order chi connectivity index (χ1) is 12.0. The van der Waals surface area contributed by atoms with E-state index in [1.165, 1.54) is 6.26 Å². The van der Waals surface area contributed by atoms with Crippen LogP contribution in [0.4, 0.5) is 0 Å². The van der Waals surface area contributed by atoms with Crippen molar-refractivity contribution in [3.63, 3.8) is 0 Å². The summed E-state index contributed by atoms with van der Waals surface area (Å²) < 4.78 is 10.2. The topological polar surface area (TPSA) is 71.8 Å². The number of carbonyl (C=O) groups is 2. The molecule has 0 aliphatic rings. The third kappa shape index (κ3) is 4.97. The monoisotopic (exact) mass is 342 g/mol. The molecule has 2 amide bonds. The molecule has 0 aliphatic heterocycles.